The van der Waals surface area contributed by atoms with E-state index in [-0.39, 0.29) is 23.9 Å². The summed E-state index contributed by atoms with van der Waals surface area (Å²) >= 11 is 0. The quantitative estimate of drug-likeness (QED) is 0.844. The molecule has 4 rings (SSSR count). The van der Waals surface area contributed by atoms with Gasteiger partial charge in [-0.25, -0.2) is 4.79 Å². The SMILES string of the molecule is CC1Cc2ccccc2N1C(=O)CCCN1C(=O)NC2(CCCC2)C1=O. The lowest BCUT2D eigenvalue weighted by Gasteiger charge is -2.23. The van der Waals surface area contributed by atoms with E-state index in [1.54, 1.807) is 0 Å². The Hall–Kier alpha value is -2.37. The van der Waals surface area contributed by atoms with Crippen LogP contribution in [0.2, 0.25) is 0 Å². The molecule has 1 atom stereocenters. The van der Waals surface area contributed by atoms with Crippen LogP contribution in [-0.4, -0.2) is 40.9 Å². The van der Waals surface area contributed by atoms with Crippen LogP contribution in [0.4, 0.5) is 10.5 Å². The van der Waals surface area contributed by atoms with E-state index in [2.05, 4.69) is 18.3 Å². The number of urea groups is 1. The number of nitrogens with zero attached hydrogens (tertiary/aromatic N) is 2. The summed E-state index contributed by atoms with van der Waals surface area (Å²) in [5, 5.41) is 2.88. The van der Waals surface area contributed by atoms with Crippen molar-refractivity contribution in [3.05, 3.63) is 29.8 Å². The minimum atomic E-state index is -0.663. The van der Waals surface area contributed by atoms with Crippen LogP contribution in [0.5, 0.6) is 0 Å². The van der Waals surface area contributed by atoms with E-state index in [0.29, 0.717) is 19.4 Å². The average molecular weight is 355 g/mol. The second kappa shape index (κ2) is 6.41. The number of carbonyl (C=O) groups excluding carboxylic acids is 3. The fraction of sp³-hybridized carbons (Fsp3) is 0.550. The smallest absolute Gasteiger partial charge is 0.323 e. The number of imide groups is 1. The topological polar surface area (TPSA) is 69.7 Å². The van der Waals surface area contributed by atoms with Crippen LogP contribution >= 0.6 is 0 Å². The van der Waals surface area contributed by atoms with Gasteiger partial charge < -0.3 is 10.2 Å². The summed E-state index contributed by atoms with van der Waals surface area (Å²) in [5.74, 6) is -0.0441. The first-order chi connectivity index (χ1) is 12.5. The molecule has 1 saturated carbocycles. The molecule has 1 saturated heterocycles. The molecular formula is C20H25N3O3. The molecule has 1 aromatic rings. The number of rotatable bonds is 4. The zero-order valence-electron chi connectivity index (χ0n) is 15.2. The molecule has 4 amide bonds. The van der Waals surface area contributed by atoms with Crippen LogP contribution in [0.15, 0.2) is 24.3 Å². The highest BCUT2D eigenvalue weighted by atomic mass is 16.2. The Balaban J connectivity index is 1.36. The van der Waals surface area contributed by atoms with Crippen LogP contribution in [0.1, 0.15) is 51.0 Å². The summed E-state index contributed by atoms with van der Waals surface area (Å²) in [6, 6.07) is 7.84. The molecule has 2 aliphatic heterocycles. The Bertz CT molecular complexity index is 754. The Kier molecular flexibility index (Phi) is 4.21. The van der Waals surface area contributed by atoms with Gasteiger partial charge in [0.1, 0.15) is 5.54 Å². The van der Waals surface area contributed by atoms with Gasteiger partial charge in [0, 0.05) is 24.7 Å². The molecule has 3 aliphatic rings. The summed E-state index contributed by atoms with van der Waals surface area (Å²) in [5.41, 5.74) is 1.53. The summed E-state index contributed by atoms with van der Waals surface area (Å²) in [6.07, 6.45) is 5.12. The lowest BCUT2D eigenvalue weighted by molar-refractivity contribution is -0.131. The highest BCUT2D eigenvalue weighted by Gasteiger charge is 2.52. The van der Waals surface area contributed by atoms with Crippen molar-refractivity contribution in [2.45, 2.75) is 63.5 Å². The molecule has 6 heteroatoms. The molecule has 1 N–H and O–H groups in total. The Labute approximate surface area is 153 Å². The summed E-state index contributed by atoms with van der Waals surface area (Å²) < 4.78 is 0. The zero-order chi connectivity index (χ0) is 18.3. The third-order valence-corrected chi connectivity index (χ3v) is 5.95. The summed E-state index contributed by atoms with van der Waals surface area (Å²) in [6.45, 7) is 2.36. The molecule has 0 bridgehead atoms. The molecule has 1 spiro atoms. The van der Waals surface area contributed by atoms with Gasteiger partial charge >= 0.3 is 6.03 Å². The van der Waals surface area contributed by atoms with Crippen molar-refractivity contribution in [2.24, 2.45) is 0 Å². The Morgan fingerprint density at radius 1 is 1.23 bits per heavy atom. The highest BCUT2D eigenvalue weighted by Crippen LogP contribution is 2.35. The largest absolute Gasteiger partial charge is 0.325 e. The molecule has 26 heavy (non-hydrogen) atoms. The number of anilines is 1. The van der Waals surface area contributed by atoms with E-state index >= 15 is 0 Å². The van der Waals surface area contributed by atoms with Crippen molar-refractivity contribution >= 4 is 23.5 Å². The molecule has 0 radical (unpaired) electrons. The maximum absolute atomic E-state index is 12.7. The zero-order valence-corrected chi connectivity index (χ0v) is 15.2. The lowest BCUT2D eigenvalue weighted by atomic mass is 9.98. The van der Waals surface area contributed by atoms with E-state index < -0.39 is 5.54 Å². The normalized spacial score (nSPS) is 23.7. The molecule has 1 aromatic carbocycles. The predicted octanol–water partition coefficient (Wildman–Crippen LogP) is 2.61. The summed E-state index contributed by atoms with van der Waals surface area (Å²) in [7, 11) is 0. The van der Waals surface area contributed by atoms with Gasteiger partial charge in [-0.2, -0.15) is 0 Å². The van der Waals surface area contributed by atoms with Gasteiger partial charge in [0.2, 0.25) is 5.91 Å². The molecule has 1 unspecified atom stereocenters. The number of nitrogens with one attached hydrogen (secondary N) is 1. The Morgan fingerprint density at radius 2 is 1.96 bits per heavy atom. The average Bonchev–Trinajstić information content (AvgIpc) is 3.27. The first-order valence-corrected chi connectivity index (χ1v) is 9.56. The maximum Gasteiger partial charge on any atom is 0.325 e. The van der Waals surface area contributed by atoms with Gasteiger partial charge in [0.15, 0.2) is 0 Å². The summed E-state index contributed by atoms with van der Waals surface area (Å²) in [4.78, 5) is 40.7. The molecule has 2 fully saturated rings. The monoisotopic (exact) mass is 355 g/mol. The standard InChI is InChI=1S/C20H25N3O3/c1-14-13-15-7-2-3-8-16(15)23(14)17(24)9-6-12-22-18(25)20(21-19(22)26)10-4-5-11-20/h2-3,7-8,14H,4-6,9-13H2,1H3,(H,21,26). The van der Waals surface area contributed by atoms with Crippen molar-refractivity contribution in [3.8, 4) is 0 Å². The third-order valence-electron chi connectivity index (χ3n) is 5.95. The molecule has 138 valence electrons. The second-order valence-corrected chi connectivity index (χ2v) is 7.73. The van der Waals surface area contributed by atoms with Crippen molar-refractivity contribution < 1.29 is 14.4 Å². The molecule has 6 nitrogen and oxygen atoms in total. The number of benzene rings is 1. The van der Waals surface area contributed by atoms with Crippen molar-refractivity contribution in [1.82, 2.24) is 10.2 Å². The minimum Gasteiger partial charge on any atom is -0.323 e. The number of hydrogen-bond acceptors (Lipinski definition) is 3. The number of fused-ring (bicyclic) bond motifs is 1. The van der Waals surface area contributed by atoms with Gasteiger partial charge in [-0.1, -0.05) is 31.0 Å². The van der Waals surface area contributed by atoms with Crippen LogP contribution in [0.25, 0.3) is 0 Å². The molecular weight excluding hydrogens is 330 g/mol. The first kappa shape index (κ1) is 17.1. The third kappa shape index (κ3) is 2.68. The molecule has 0 aromatic heterocycles. The fourth-order valence-corrected chi connectivity index (χ4v) is 4.65. The van der Waals surface area contributed by atoms with E-state index in [4.69, 9.17) is 0 Å². The number of carbonyl (C=O) groups is 3. The maximum atomic E-state index is 12.7. The van der Waals surface area contributed by atoms with Crippen LogP contribution < -0.4 is 10.2 Å². The van der Waals surface area contributed by atoms with Gasteiger partial charge in [0.05, 0.1) is 0 Å². The fourth-order valence-electron chi connectivity index (χ4n) is 4.65. The molecule has 1 aliphatic carbocycles. The van der Waals surface area contributed by atoms with Gasteiger partial charge in [-0.15, -0.1) is 0 Å². The van der Waals surface area contributed by atoms with Gasteiger partial charge in [-0.05, 0) is 44.2 Å². The number of amides is 4. The van der Waals surface area contributed by atoms with Crippen LogP contribution in [0, 0.1) is 0 Å². The van der Waals surface area contributed by atoms with E-state index in [1.807, 2.05) is 23.1 Å². The highest BCUT2D eigenvalue weighted by molar-refractivity contribution is 6.07. The van der Waals surface area contributed by atoms with E-state index in [9.17, 15) is 14.4 Å². The first-order valence-electron chi connectivity index (χ1n) is 9.56. The van der Waals surface area contributed by atoms with Gasteiger partial charge in [0.25, 0.3) is 5.91 Å². The van der Waals surface area contributed by atoms with Crippen LogP contribution in [-0.2, 0) is 16.0 Å². The van der Waals surface area contributed by atoms with Gasteiger partial charge in [-0.3, -0.25) is 14.5 Å². The van der Waals surface area contributed by atoms with Crippen molar-refractivity contribution in [3.63, 3.8) is 0 Å². The lowest BCUT2D eigenvalue weighted by Crippen LogP contribution is -2.44. The Morgan fingerprint density at radius 3 is 2.73 bits per heavy atom. The minimum absolute atomic E-state index is 0.0603. The number of para-hydroxylation sites is 1. The van der Waals surface area contributed by atoms with E-state index in [1.165, 1.54) is 10.5 Å². The number of hydrogen-bond donors (Lipinski definition) is 1. The second-order valence-electron chi connectivity index (χ2n) is 7.73. The van der Waals surface area contributed by atoms with Crippen molar-refractivity contribution in [2.75, 3.05) is 11.4 Å². The van der Waals surface area contributed by atoms with E-state index in [0.717, 1.165) is 37.8 Å². The predicted molar refractivity (Wildman–Crippen MR) is 97.8 cm³/mol. The molecule has 2 heterocycles. The van der Waals surface area contributed by atoms with Crippen molar-refractivity contribution in [1.29, 1.82) is 0 Å². The van der Waals surface area contributed by atoms with Crippen LogP contribution in [0.3, 0.4) is 0 Å².